The van der Waals surface area contributed by atoms with Crippen LogP contribution in [0.3, 0.4) is 0 Å². The topological polar surface area (TPSA) is 38.3 Å². The molecule has 0 saturated carbocycles. The van der Waals surface area contributed by atoms with E-state index in [0.717, 1.165) is 28.6 Å². The Morgan fingerprint density at radius 3 is 2.71 bits per heavy atom. The maximum atomic E-state index is 12.5. The van der Waals surface area contributed by atoms with E-state index in [1.54, 1.807) is 19.2 Å². The highest BCUT2D eigenvalue weighted by molar-refractivity contribution is 9.10. The van der Waals surface area contributed by atoms with Gasteiger partial charge in [-0.05, 0) is 36.2 Å². The Labute approximate surface area is 133 Å². The Bertz CT molecular complexity index is 640. The Kier molecular flexibility index (Phi) is 5.39. The van der Waals surface area contributed by atoms with Gasteiger partial charge in [0.25, 0.3) is 5.91 Å². The standard InChI is InChI=1S/C17H18BrNO2/c1-3-6-12-7-4-5-8-15(12)19-17(20)14-10-9-13(18)11-16(14)21-2/h4-5,7-11H,3,6H2,1-2H3,(H,19,20). The summed E-state index contributed by atoms with van der Waals surface area (Å²) in [5, 5.41) is 2.97. The molecule has 110 valence electrons. The minimum atomic E-state index is -0.164. The summed E-state index contributed by atoms with van der Waals surface area (Å²) in [5.41, 5.74) is 2.52. The van der Waals surface area contributed by atoms with Crippen molar-refractivity contribution < 1.29 is 9.53 Å². The fraction of sp³-hybridized carbons (Fsp3) is 0.235. The number of amides is 1. The van der Waals surface area contributed by atoms with Crippen LogP contribution in [0.25, 0.3) is 0 Å². The van der Waals surface area contributed by atoms with Gasteiger partial charge in [-0.25, -0.2) is 0 Å². The second-order valence-electron chi connectivity index (χ2n) is 4.71. The average molecular weight is 348 g/mol. The van der Waals surface area contributed by atoms with Crippen molar-refractivity contribution in [3.63, 3.8) is 0 Å². The summed E-state index contributed by atoms with van der Waals surface area (Å²) in [7, 11) is 1.56. The number of methoxy groups -OCH3 is 1. The zero-order valence-electron chi connectivity index (χ0n) is 12.2. The van der Waals surface area contributed by atoms with Crippen LogP contribution in [0.15, 0.2) is 46.9 Å². The van der Waals surface area contributed by atoms with Gasteiger partial charge < -0.3 is 10.1 Å². The minimum Gasteiger partial charge on any atom is -0.496 e. The van der Waals surface area contributed by atoms with Gasteiger partial charge in [0, 0.05) is 10.2 Å². The molecule has 1 amide bonds. The van der Waals surface area contributed by atoms with E-state index in [-0.39, 0.29) is 5.91 Å². The van der Waals surface area contributed by atoms with Gasteiger partial charge in [-0.15, -0.1) is 0 Å². The minimum absolute atomic E-state index is 0.164. The summed E-state index contributed by atoms with van der Waals surface area (Å²) in [5.74, 6) is 0.387. The fourth-order valence-corrected chi connectivity index (χ4v) is 2.51. The molecule has 0 aliphatic heterocycles. The number of aryl methyl sites for hydroxylation is 1. The van der Waals surface area contributed by atoms with E-state index >= 15 is 0 Å². The van der Waals surface area contributed by atoms with Crippen LogP contribution >= 0.6 is 15.9 Å². The lowest BCUT2D eigenvalue weighted by atomic mass is 10.1. The summed E-state index contributed by atoms with van der Waals surface area (Å²) < 4.78 is 6.15. The molecule has 21 heavy (non-hydrogen) atoms. The number of carbonyl (C=O) groups excluding carboxylic acids is 1. The zero-order chi connectivity index (χ0) is 15.2. The number of carbonyl (C=O) groups is 1. The van der Waals surface area contributed by atoms with Gasteiger partial charge in [0.15, 0.2) is 0 Å². The molecule has 0 aliphatic rings. The van der Waals surface area contributed by atoms with Gasteiger partial charge in [-0.3, -0.25) is 4.79 Å². The highest BCUT2D eigenvalue weighted by Crippen LogP contribution is 2.25. The maximum Gasteiger partial charge on any atom is 0.259 e. The molecule has 0 aliphatic carbocycles. The number of para-hydroxylation sites is 1. The predicted molar refractivity (Wildman–Crippen MR) is 89.1 cm³/mol. The SMILES string of the molecule is CCCc1ccccc1NC(=O)c1ccc(Br)cc1OC. The molecule has 2 aromatic rings. The van der Waals surface area contributed by atoms with E-state index in [9.17, 15) is 4.79 Å². The van der Waals surface area contributed by atoms with Gasteiger partial charge in [0.1, 0.15) is 5.75 Å². The third-order valence-electron chi connectivity index (χ3n) is 3.19. The van der Waals surface area contributed by atoms with E-state index < -0.39 is 0 Å². The van der Waals surface area contributed by atoms with Crippen molar-refractivity contribution in [2.75, 3.05) is 12.4 Å². The van der Waals surface area contributed by atoms with E-state index in [4.69, 9.17) is 4.74 Å². The van der Waals surface area contributed by atoms with Crippen molar-refractivity contribution in [1.82, 2.24) is 0 Å². The molecule has 2 rings (SSSR count). The lowest BCUT2D eigenvalue weighted by Crippen LogP contribution is -2.14. The van der Waals surface area contributed by atoms with E-state index in [1.807, 2.05) is 30.3 Å². The molecular weight excluding hydrogens is 330 g/mol. The van der Waals surface area contributed by atoms with E-state index in [2.05, 4.69) is 28.2 Å². The average Bonchev–Trinajstić information content (AvgIpc) is 2.49. The van der Waals surface area contributed by atoms with Crippen LogP contribution in [0.4, 0.5) is 5.69 Å². The molecular formula is C17H18BrNO2. The number of anilines is 1. The van der Waals surface area contributed by atoms with Crippen molar-refractivity contribution in [3.8, 4) is 5.75 Å². The van der Waals surface area contributed by atoms with Crippen LogP contribution in [-0.2, 0) is 6.42 Å². The lowest BCUT2D eigenvalue weighted by Gasteiger charge is -2.12. The summed E-state index contributed by atoms with van der Waals surface area (Å²) >= 11 is 3.37. The molecule has 2 aromatic carbocycles. The van der Waals surface area contributed by atoms with Crippen molar-refractivity contribution in [2.45, 2.75) is 19.8 Å². The molecule has 0 bridgehead atoms. The monoisotopic (exact) mass is 347 g/mol. The van der Waals surface area contributed by atoms with Gasteiger partial charge in [-0.1, -0.05) is 47.5 Å². The van der Waals surface area contributed by atoms with Crippen LogP contribution < -0.4 is 10.1 Å². The molecule has 0 aromatic heterocycles. The first-order valence-corrected chi connectivity index (χ1v) is 7.67. The molecule has 0 radical (unpaired) electrons. The third-order valence-corrected chi connectivity index (χ3v) is 3.69. The van der Waals surface area contributed by atoms with Gasteiger partial charge in [-0.2, -0.15) is 0 Å². The Morgan fingerprint density at radius 1 is 1.24 bits per heavy atom. The third kappa shape index (κ3) is 3.85. The number of hydrogen-bond acceptors (Lipinski definition) is 2. The number of nitrogens with one attached hydrogen (secondary N) is 1. The van der Waals surface area contributed by atoms with Crippen LogP contribution in [0.1, 0.15) is 29.3 Å². The largest absolute Gasteiger partial charge is 0.496 e. The highest BCUT2D eigenvalue weighted by atomic mass is 79.9. The van der Waals surface area contributed by atoms with Crippen molar-refractivity contribution in [1.29, 1.82) is 0 Å². The van der Waals surface area contributed by atoms with Crippen LogP contribution in [-0.4, -0.2) is 13.0 Å². The second-order valence-corrected chi connectivity index (χ2v) is 5.62. The van der Waals surface area contributed by atoms with E-state index in [0.29, 0.717) is 11.3 Å². The van der Waals surface area contributed by atoms with Gasteiger partial charge in [0.05, 0.1) is 12.7 Å². The van der Waals surface area contributed by atoms with E-state index in [1.165, 1.54) is 0 Å². The molecule has 0 saturated heterocycles. The molecule has 0 spiro atoms. The number of rotatable bonds is 5. The Hall–Kier alpha value is -1.81. The highest BCUT2D eigenvalue weighted by Gasteiger charge is 2.14. The molecule has 4 heteroatoms. The fourth-order valence-electron chi connectivity index (χ4n) is 2.17. The predicted octanol–water partition coefficient (Wildman–Crippen LogP) is 4.66. The lowest BCUT2D eigenvalue weighted by molar-refractivity contribution is 0.102. The molecule has 0 fully saturated rings. The van der Waals surface area contributed by atoms with Crippen molar-refractivity contribution >= 4 is 27.5 Å². The summed E-state index contributed by atoms with van der Waals surface area (Å²) in [6, 6.07) is 13.2. The molecule has 0 unspecified atom stereocenters. The number of benzene rings is 2. The van der Waals surface area contributed by atoms with Crippen LogP contribution in [0.2, 0.25) is 0 Å². The first kappa shape index (κ1) is 15.6. The quantitative estimate of drug-likeness (QED) is 0.853. The Morgan fingerprint density at radius 2 is 2.00 bits per heavy atom. The van der Waals surface area contributed by atoms with Crippen molar-refractivity contribution in [3.05, 3.63) is 58.1 Å². The van der Waals surface area contributed by atoms with Crippen LogP contribution in [0, 0.1) is 0 Å². The molecule has 3 nitrogen and oxygen atoms in total. The maximum absolute atomic E-state index is 12.5. The number of halogens is 1. The number of hydrogen-bond donors (Lipinski definition) is 1. The molecule has 0 atom stereocenters. The van der Waals surface area contributed by atoms with Gasteiger partial charge in [0.2, 0.25) is 0 Å². The van der Waals surface area contributed by atoms with Gasteiger partial charge >= 0.3 is 0 Å². The van der Waals surface area contributed by atoms with Crippen molar-refractivity contribution in [2.24, 2.45) is 0 Å². The smallest absolute Gasteiger partial charge is 0.259 e. The normalized spacial score (nSPS) is 10.2. The Balaban J connectivity index is 2.26. The first-order chi connectivity index (χ1) is 10.2. The number of ether oxygens (including phenoxy) is 1. The molecule has 0 heterocycles. The molecule has 1 N–H and O–H groups in total. The summed E-state index contributed by atoms with van der Waals surface area (Å²) in [6.07, 6.45) is 1.97. The summed E-state index contributed by atoms with van der Waals surface area (Å²) in [6.45, 7) is 2.12. The second kappa shape index (κ2) is 7.27. The first-order valence-electron chi connectivity index (χ1n) is 6.88. The zero-order valence-corrected chi connectivity index (χ0v) is 13.7. The summed E-state index contributed by atoms with van der Waals surface area (Å²) in [4.78, 5) is 12.5. The van der Waals surface area contributed by atoms with Crippen LogP contribution in [0.5, 0.6) is 5.75 Å².